The van der Waals surface area contributed by atoms with E-state index in [-0.39, 0.29) is 18.2 Å². The number of ether oxygens (including phenoxy) is 1. The number of rotatable bonds is 8. The average Bonchev–Trinajstić information content (AvgIpc) is 3.09. The Balaban J connectivity index is 1.70. The molecular formula is C15H27F3N2O. The van der Waals surface area contributed by atoms with E-state index in [2.05, 4.69) is 19.2 Å². The summed E-state index contributed by atoms with van der Waals surface area (Å²) in [6.07, 6.45) is -0.404. The molecule has 0 aromatic rings. The second kappa shape index (κ2) is 7.29. The second-order valence-electron chi connectivity index (χ2n) is 6.79. The summed E-state index contributed by atoms with van der Waals surface area (Å²) in [5, 5.41) is 3.36. The molecule has 124 valence electrons. The van der Waals surface area contributed by atoms with Gasteiger partial charge in [0.15, 0.2) is 0 Å². The number of nitrogens with zero attached hydrogens (tertiary/aromatic N) is 1. The summed E-state index contributed by atoms with van der Waals surface area (Å²) in [4.78, 5) is 1.56. The van der Waals surface area contributed by atoms with Gasteiger partial charge in [-0.15, -0.1) is 0 Å². The third kappa shape index (κ3) is 6.53. The van der Waals surface area contributed by atoms with Crippen molar-refractivity contribution in [3.8, 4) is 0 Å². The first kappa shape index (κ1) is 17.0. The lowest BCUT2D eigenvalue weighted by atomic mass is 10.1. The van der Waals surface area contributed by atoms with E-state index < -0.39 is 12.7 Å². The van der Waals surface area contributed by atoms with Crippen molar-refractivity contribution in [3.05, 3.63) is 0 Å². The first-order valence-corrected chi connectivity index (χ1v) is 8.00. The zero-order chi connectivity index (χ0) is 15.5. The minimum Gasteiger partial charge on any atom is -0.372 e. The summed E-state index contributed by atoms with van der Waals surface area (Å²) in [5.41, 5.74) is 0. The predicted octanol–water partition coefficient (Wildman–Crippen LogP) is 2.81. The van der Waals surface area contributed by atoms with Gasteiger partial charge in [-0.3, -0.25) is 4.90 Å². The highest BCUT2D eigenvalue weighted by Gasteiger charge is 2.40. The van der Waals surface area contributed by atoms with Gasteiger partial charge < -0.3 is 10.1 Å². The normalized spacial score (nSPS) is 27.0. The van der Waals surface area contributed by atoms with E-state index in [1.807, 2.05) is 0 Å². The van der Waals surface area contributed by atoms with Crippen molar-refractivity contribution < 1.29 is 17.9 Å². The van der Waals surface area contributed by atoms with Crippen LogP contribution in [0.1, 0.15) is 39.5 Å². The van der Waals surface area contributed by atoms with Crippen LogP contribution in [0.2, 0.25) is 0 Å². The molecule has 21 heavy (non-hydrogen) atoms. The maximum Gasteiger partial charge on any atom is 0.401 e. The van der Waals surface area contributed by atoms with Crippen molar-refractivity contribution in [3.63, 3.8) is 0 Å². The van der Waals surface area contributed by atoms with E-state index >= 15 is 0 Å². The molecule has 0 aromatic carbocycles. The largest absolute Gasteiger partial charge is 0.401 e. The molecular weight excluding hydrogens is 281 g/mol. The molecule has 6 heteroatoms. The third-order valence-corrected chi connectivity index (χ3v) is 4.00. The lowest BCUT2D eigenvalue weighted by Crippen LogP contribution is -2.41. The Hall–Kier alpha value is -0.330. The van der Waals surface area contributed by atoms with Crippen molar-refractivity contribution in [1.29, 1.82) is 0 Å². The molecule has 0 amide bonds. The number of halogens is 3. The van der Waals surface area contributed by atoms with Crippen LogP contribution in [0.3, 0.4) is 0 Å². The molecule has 2 rings (SSSR count). The number of alkyl halides is 3. The summed E-state index contributed by atoms with van der Waals surface area (Å²) in [6, 6.07) is 0.119. The molecule has 2 unspecified atom stereocenters. The van der Waals surface area contributed by atoms with Crippen molar-refractivity contribution in [2.45, 2.75) is 64.0 Å². The minimum atomic E-state index is -4.11. The Labute approximate surface area is 125 Å². The molecule has 1 aliphatic heterocycles. The molecule has 1 heterocycles. The molecule has 1 N–H and O–H groups in total. The van der Waals surface area contributed by atoms with Crippen LogP contribution < -0.4 is 5.32 Å². The van der Waals surface area contributed by atoms with Gasteiger partial charge in [0.2, 0.25) is 0 Å². The zero-order valence-electron chi connectivity index (χ0n) is 13.0. The van der Waals surface area contributed by atoms with E-state index in [1.54, 1.807) is 4.90 Å². The molecule has 2 aliphatic rings. The Morgan fingerprint density at radius 3 is 2.38 bits per heavy atom. The van der Waals surface area contributed by atoms with Crippen LogP contribution in [0.5, 0.6) is 0 Å². The van der Waals surface area contributed by atoms with Crippen LogP contribution in [0.15, 0.2) is 0 Å². The number of nitrogens with one attached hydrogen (secondary N) is 1. The molecule has 1 saturated heterocycles. The lowest BCUT2D eigenvalue weighted by Gasteiger charge is -2.26. The number of hydrogen-bond donors (Lipinski definition) is 1. The first-order valence-electron chi connectivity index (χ1n) is 8.00. The molecule has 1 aliphatic carbocycles. The van der Waals surface area contributed by atoms with Gasteiger partial charge in [0.1, 0.15) is 0 Å². The fourth-order valence-electron chi connectivity index (χ4n) is 2.87. The highest BCUT2D eigenvalue weighted by molar-refractivity contribution is 4.88. The standard InChI is InChI=1S/C15H27F3N2O/c1-11(2)7-19-8-13-5-6-14(21-13)9-20(12-3-4-12)10-15(16,17)18/h11-14,19H,3-10H2,1-2H3. The van der Waals surface area contributed by atoms with Crippen LogP contribution in [0.4, 0.5) is 13.2 Å². The van der Waals surface area contributed by atoms with Crippen molar-refractivity contribution >= 4 is 0 Å². The maximum atomic E-state index is 12.6. The topological polar surface area (TPSA) is 24.5 Å². The fourth-order valence-corrected chi connectivity index (χ4v) is 2.87. The van der Waals surface area contributed by atoms with Gasteiger partial charge in [0, 0.05) is 19.1 Å². The highest BCUT2D eigenvalue weighted by atomic mass is 19.4. The van der Waals surface area contributed by atoms with Crippen LogP contribution in [0, 0.1) is 5.92 Å². The van der Waals surface area contributed by atoms with Gasteiger partial charge in [-0.25, -0.2) is 0 Å². The molecule has 1 saturated carbocycles. The molecule has 0 bridgehead atoms. The Bertz CT molecular complexity index is 319. The maximum absolute atomic E-state index is 12.6. The first-order chi connectivity index (χ1) is 9.83. The van der Waals surface area contributed by atoms with Gasteiger partial charge in [0.05, 0.1) is 18.8 Å². The Kier molecular flexibility index (Phi) is 5.91. The van der Waals surface area contributed by atoms with Crippen molar-refractivity contribution in [2.75, 3.05) is 26.2 Å². The summed E-state index contributed by atoms with van der Waals surface area (Å²) >= 11 is 0. The van der Waals surface area contributed by atoms with Crippen LogP contribution >= 0.6 is 0 Å². The second-order valence-corrected chi connectivity index (χ2v) is 6.79. The molecule has 2 fully saturated rings. The smallest absolute Gasteiger partial charge is 0.372 e. The van der Waals surface area contributed by atoms with E-state index in [0.717, 1.165) is 38.8 Å². The quantitative estimate of drug-likeness (QED) is 0.746. The molecule has 0 radical (unpaired) electrons. The van der Waals surface area contributed by atoms with E-state index in [0.29, 0.717) is 12.5 Å². The SMILES string of the molecule is CC(C)CNCC1CCC(CN(CC(F)(F)F)C2CC2)O1. The lowest BCUT2D eigenvalue weighted by molar-refractivity contribution is -0.150. The zero-order valence-corrected chi connectivity index (χ0v) is 13.0. The Morgan fingerprint density at radius 2 is 1.81 bits per heavy atom. The third-order valence-electron chi connectivity index (χ3n) is 4.00. The molecule has 2 atom stereocenters. The van der Waals surface area contributed by atoms with Gasteiger partial charge in [0.25, 0.3) is 0 Å². The Morgan fingerprint density at radius 1 is 1.14 bits per heavy atom. The van der Waals surface area contributed by atoms with Gasteiger partial charge in [-0.1, -0.05) is 13.8 Å². The van der Waals surface area contributed by atoms with E-state index in [4.69, 9.17) is 4.74 Å². The molecule has 0 spiro atoms. The van der Waals surface area contributed by atoms with Crippen LogP contribution in [-0.2, 0) is 4.74 Å². The van der Waals surface area contributed by atoms with Gasteiger partial charge in [-0.05, 0) is 38.1 Å². The number of hydrogen-bond acceptors (Lipinski definition) is 3. The summed E-state index contributed by atoms with van der Waals surface area (Å²) in [5.74, 6) is 0.597. The average molecular weight is 308 g/mol. The van der Waals surface area contributed by atoms with Crippen LogP contribution in [0.25, 0.3) is 0 Å². The van der Waals surface area contributed by atoms with Crippen molar-refractivity contribution in [2.24, 2.45) is 5.92 Å². The highest BCUT2D eigenvalue weighted by Crippen LogP contribution is 2.32. The predicted molar refractivity (Wildman–Crippen MR) is 76.3 cm³/mol. The van der Waals surface area contributed by atoms with Crippen molar-refractivity contribution in [1.82, 2.24) is 10.2 Å². The van der Waals surface area contributed by atoms with Crippen LogP contribution in [-0.4, -0.2) is 55.5 Å². The summed E-state index contributed by atoms with van der Waals surface area (Å²) < 4.78 is 43.7. The minimum absolute atomic E-state index is 0.0428. The summed E-state index contributed by atoms with van der Waals surface area (Å²) in [6.45, 7) is 5.68. The molecule has 0 aromatic heterocycles. The van der Waals surface area contributed by atoms with E-state index in [9.17, 15) is 13.2 Å². The summed E-state index contributed by atoms with van der Waals surface area (Å²) in [7, 11) is 0. The molecule has 3 nitrogen and oxygen atoms in total. The fraction of sp³-hybridized carbons (Fsp3) is 1.00. The monoisotopic (exact) mass is 308 g/mol. The van der Waals surface area contributed by atoms with E-state index in [1.165, 1.54) is 0 Å². The van der Waals surface area contributed by atoms with Gasteiger partial charge in [-0.2, -0.15) is 13.2 Å². The van der Waals surface area contributed by atoms with Gasteiger partial charge >= 0.3 is 6.18 Å².